The van der Waals surface area contributed by atoms with Crippen molar-refractivity contribution in [2.24, 2.45) is 0 Å². The first-order valence-electron chi connectivity index (χ1n) is 9.54. The summed E-state index contributed by atoms with van der Waals surface area (Å²) in [7, 11) is -3.73. The second-order valence-electron chi connectivity index (χ2n) is 6.88. The SMILES string of the molecule is CCOC(=O)c1ccc(OCC(O)CN2c3cccc4cccc(c34)S2(=O)=O)cc1. The quantitative estimate of drug-likeness (QED) is 0.583. The highest BCUT2D eigenvalue weighted by molar-refractivity contribution is 7.93. The summed E-state index contributed by atoms with van der Waals surface area (Å²) < 4.78 is 37.6. The van der Waals surface area contributed by atoms with E-state index in [4.69, 9.17) is 9.47 Å². The number of β-amino-alcohol motifs (C(OH)–C–C–N with tert-alkyl or cyclic N) is 1. The van der Waals surface area contributed by atoms with Gasteiger partial charge in [-0.1, -0.05) is 24.3 Å². The summed E-state index contributed by atoms with van der Waals surface area (Å²) in [5.74, 6) is 0.0360. The van der Waals surface area contributed by atoms with E-state index in [9.17, 15) is 18.3 Å². The van der Waals surface area contributed by atoms with Crippen LogP contribution in [0.15, 0.2) is 65.6 Å². The van der Waals surface area contributed by atoms with Crippen LogP contribution in [0.2, 0.25) is 0 Å². The average molecular weight is 427 g/mol. The maximum Gasteiger partial charge on any atom is 0.338 e. The Morgan fingerprint density at radius 2 is 1.77 bits per heavy atom. The Balaban J connectivity index is 1.44. The van der Waals surface area contributed by atoms with Crippen molar-refractivity contribution >= 4 is 32.5 Å². The molecule has 0 saturated heterocycles. The minimum absolute atomic E-state index is 0.100. The van der Waals surface area contributed by atoms with Gasteiger partial charge in [0, 0.05) is 5.39 Å². The molecule has 0 bridgehead atoms. The molecule has 4 rings (SSSR count). The van der Waals surface area contributed by atoms with E-state index < -0.39 is 22.1 Å². The molecule has 1 aliphatic heterocycles. The summed E-state index contributed by atoms with van der Waals surface area (Å²) in [6.07, 6.45) is -1.05. The van der Waals surface area contributed by atoms with Crippen molar-refractivity contribution in [1.82, 2.24) is 0 Å². The zero-order chi connectivity index (χ0) is 21.3. The van der Waals surface area contributed by atoms with Gasteiger partial charge in [-0.2, -0.15) is 0 Å². The third-order valence-electron chi connectivity index (χ3n) is 4.87. The summed E-state index contributed by atoms with van der Waals surface area (Å²) >= 11 is 0. The van der Waals surface area contributed by atoms with Crippen molar-refractivity contribution in [1.29, 1.82) is 0 Å². The van der Waals surface area contributed by atoms with Gasteiger partial charge < -0.3 is 14.6 Å². The Bertz CT molecular complexity index is 1180. The lowest BCUT2D eigenvalue weighted by molar-refractivity contribution is 0.0526. The number of esters is 1. The van der Waals surface area contributed by atoms with Gasteiger partial charge in [-0.05, 0) is 48.7 Å². The zero-order valence-corrected chi connectivity index (χ0v) is 17.1. The Labute approximate surface area is 174 Å². The second-order valence-corrected chi connectivity index (χ2v) is 8.71. The lowest BCUT2D eigenvalue weighted by Gasteiger charge is -2.22. The van der Waals surface area contributed by atoms with E-state index >= 15 is 0 Å². The number of hydrogen-bond donors (Lipinski definition) is 1. The molecule has 30 heavy (non-hydrogen) atoms. The summed E-state index contributed by atoms with van der Waals surface area (Å²) in [4.78, 5) is 11.9. The number of aliphatic hydroxyl groups is 1. The van der Waals surface area contributed by atoms with Crippen LogP contribution < -0.4 is 9.04 Å². The second kappa shape index (κ2) is 7.97. The molecule has 156 valence electrons. The van der Waals surface area contributed by atoms with Crippen molar-refractivity contribution in [3.8, 4) is 5.75 Å². The molecule has 0 fully saturated rings. The molecule has 8 heteroatoms. The summed E-state index contributed by atoms with van der Waals surface area (Å²) in [5, 5.41) is 12.0. The molecule has 0 amide bonds. The number of sulfonamides is 1. The number of aliphatic hydroxyl groups excluding tert-OH is 1. The average Bonchev–Trinajstić information content (AvgIpc) is 2.96. The van der Waals surface area contributed by atoms with Crippen LogP contribution >= 0.6 is 0 Å². The highest BCUT2D eigenvalue weighted by Crippen LogP contribution is 2.41. The van der Waals surface area contributed by atoms with Crippen LogP contribution in [0.25, 0.3) is 10.8 Å². The molecule has 0 aromatic heterocycles. The number of ether oxygens (including phenoxy) is 2. The number of benzene rings is 3. The van der Waals surface area contributed by atoms with Gasteiger partial charge in [-0.25, -0.2) is 13.2 Å². The number of rotatable bonds is 7. The first kappa shape index (κ1) is 20.2. The van der Waals surface area contributed by atoms with Crippen LogP contribution in [-0.4, -0.2) is 45.4 Å². The topological polar surface area (TPSA) is 93.1 Å². The summed E-state index contributed by atoms with van der Waals surface area (Å²) in [5.41, 5.74) is 0.958. The van der Waals surface area contributed by atoms with Crippen molar-refractivity contribution in [3.05, 3.63) is 66.2 Å². The van der Waals surface area contributed by atoms with Gasteiger partial charge in [0.25, 0.3) is 10.0 Å². The molecule has 7 nitrogen and oxygen atoms in total. The van der Waals surface area contributed by atoms with Crippen LogP contribution in [0.4, 0.5) is 5.69 Å². The molecule has 0 spiro atoms. The van der Waals surface area contributed by atoms with Gasteiger partial charge in [0.1, 0.15) is 18.5 Å². The molecule has 1 aliphatic rings. The maximum absolute atomic E-state index is 13.0. The van der Waals surface area contributed by atoms with Crippen LogP contribution in [0, 0.1) is 0 Å². The van der Waals surface area contributed by atoms with E-state index in [1.54, 1.807) is 55.5 Å². The molecule has 1 N–H and O–H groups in total. The van der Waals surface area contributed by atoms with E-state index in [-0.39, 0.29) is 18.0 Å². The Hall–Kier alpha value is -3.10. The Kier molecular flexibility index (Phi) is 5.36. The lowest BCUT2D eigenvalue weighted by atomic mass is 10.1. The minimum atomic E-state index is -3.73. The normalized spacial score (nSPS) is 15.2. The van der Waals surface area contributed by atoms with Crippen molar-refractivity contribution in [2.75, 3.05) is 24.1 Å². The number of carbonyl (C=O) groups excluding carboxylic acids is 1. The highest BCUT2D eigenvalue weighted by Gasteiger charge is 2.36. The number of hydrogen-bond acceptors (Lipinski definition) is 6. The van der Waals surface area contributed by atoms with Crippen molar-refractivity contribution in [3.63, 3.8) is 0 Å². The molecule has 0 aliphatic carbocycles. The summed E-state index contributed by atoms with van der Waals surface area (Å²) in [6, 6.07) is 16.9. The number of anilines is 1. The van der Waals surface area contributed by atoms with E-state index in [1.165, 1.54) is 4.31 Å². The Morgan fingerprint density at radius 1 is 1.07 bits per heavy atom. The van der Waals surface area contributed by atoms with Crippen molar-refractivity contribution in [2.45, 2.75) is 17.9 Å². The molecule has 0 radical (unpaired) electrons. The van der Waals surface area contributed by atoms with Crippen LogP contribution in [0.1, 0.15) is 17.3 Å². The molecule has 0 saturated carbocycles. The maximum atomic E-state index is 13.0. The molecule has 1 heterocycles. The smallest absolute Gasteiger partial charge is 0.338 e. The fraction of sp³-hybridized carbons (Fsp3) is 0.227. The zero-order valence-electron chi connectivity index (χ0n) is 16.3. The standard InChI is InChI=1S/C22H21NO6S/c1-2-28-22(25)16-9-11-18(12-10-16)29-14-17(24)13-23-19-7-3-5-15-6-4-8-20(21(15)19)30(23,26)27/h3-12,17,24H,2,13-14H2,1H3. The van der Waals surface area contributed by atoms with Crippen LogP contribution in [-0.2, 0) is 14.8 Å². The molecular formula is C22H21NO6S. The summed E-state index contributed by atoms with van der Waals surface area (Å²) in [6.45, 7) is 1.80. The lowest BCUT2D eigenvalue weighted by Crippen LogP contribution is -2.37. The number of nitrogens with zero attached hydrogens (tertiary/aromatic N) is 1. The van der Waals surface area contributed by atoms with E-state index in [2.05, 4.69) is 0 Å². The minimum Gasteiger partial charge on any atom is -0.491 e. The molecular weight excluding hydrogens is 406 g/mol. The first-order valence-corrected chi connectivity index (χ1v) is 11.0. The first-order chi connectivity index (χ1) is 14.4. The van der Waals surface area contributed by atoms with Gasteiger partial charge in [0.2, 0.25) is 0 Å². The van der Waals surface area contributed by atoms with E-state index in [0.29, 0.717) is 29.0 Å². The fourth-order valence-electron chi connectivity index (χ4n) is 3.49. The Morgan fingerprint density at radius 3 is 2.47 bits per heavy atom. The fourth-order valence-corrected chi connectivity index (χ4v) is 5.24. The van der Waals surface area contributed by atoms with E-state index in [1.807, 2.05) is 12.1 Å². The van der Waals surface area contributed by atoms with Gasteiger partial charge >= 0.3 is 5.97 Å². The van der Waals surface area contributed by atoms with Crippen molar-refractivity contribution < 1.29 is 27.8 Å². The molecule has 1 unspecified atom stereocenters. The predicted octanol–water partition coefficient (Wildman–Crippen LogP) is 2.97. The third kappa shape index (κ3) is 3.59. The largest absolute Gasteiger partial charge is 0.491 e. The molecule has 3 aromatic rings. The molecule has 1 atom stereocenters. The van der Waals surface area contributed by atoms with Gasteiger partial charge in [0.05, 0.1) is 29.3 Å². The monoisotopic (exact) mass is 427 g/mol. The van der Waals surface area contributed by atoms with Crippen LogP contribution in [0.5, 0.6) is 5.75 Å². The predicted molar refractivity (Wildman–Crippen MR) is 112 cm³/mol. The third-order valence-corrected chi connectivity index (χ3v) is 6.69. The van der Waals surface area contributed by atoms with E-state index in [0.717, 1.165) is 5.39 Å². The number of carbonyl (C=O) groups is 1. The molecule has 3 aromatic carbocycles. The van der Waals surface area contributed by atoms with Gasteiger partial charge in [-0.15, -0.1) is 0 Å². The van der Waals surface area contributed by atoms with Crippen LogP contribution in [0.3, 0.4) is 0 Å². The highest BCUT2D eigenvalue weighted by atomic mass is 32.2. The van der Waals surface area contributed by atoms with Gasteiger partial charge in [-0.3, -0.25) is 4.31 Å². The van der Waals surface area contributed by atoms with Gasteiger partial charge in [0.15, 0.2) is 0 Å².